The van der Waals surface area contributed by atoms with Gasteiger partial charge in [-0.3, -0.25) is 0 Å². The Bertz CT molecular complexity index is 391. The fourth-order valence-electron chi connectivity index (χ4n) is 0.798. The molecule has 5 nitrogen and oxygen atoms in total. The zero-order chi connectivity index (χ0) is 11.3. The molecule has 0 aromatic carbocycles. The zero-order valence-corrected chi connectivity index (χ0v) is 9.39. The molecule has 0 radical (unpaired) electrons. The smallest absolute Gasteiger partial charge is 0.229 e. The lowest BCUT2D eigenvalue weighted by molar-refractivity contribution is 0.979. The van der Waals surface area contributed by atoms with Gasteiger partial charge in [-0.05, 0) is 6.08 Å². The molecule has 0 aliphatic carbocycles. The predicted octanol–water partition coefficient (Wildman–Crippen LogP) is 1.91. The fourth-order valence-corrected chi connectivity index (χ4v) is 1.02. The largest absolute Gasteiger partial charge is 0.375 e. The number of hydrogen-bond acceptors (Lipinski definition) is 5. The van der Waals surface area contributed by atoms with Crippen molar-refractivity contribution in [3.05, 3.63) is 28.3 Å². The van der Waals surface area contributed by atoms with E-state index in [1.165, 1.54) is 12.3 Å². The van der Waals surface area contributed by atoms with Gasteiger partial charge in [0.05, 0.1) is 11.2 Å². The molecule has 0 spiro atoms. The SMILES string of the molecule is CN/C(=C\C=N)Nc1ncc(Cl)c(Cl)n1. The summed E-state index contributed by atoms with van der Waals surface area (Å²) in [6, 6.07) is 0. The summed E-state index contributed by atoms with van der Waals surface area (Å²) in [6.45, 7) is 0. The maximum atomic E-state index is 6.91. The Balaban J connectivity index is 2.84. The molecule has 1 rings (SSSR count). The van der Waals surface area contributed by atoms with Crippen LogP contribution >= 0.6 is 23.2 Å². The maximum Gasteiger partial charge on any atom is 0.229 e. The molecule has 1 aromatic rings. The summed E-state index contributed by atoms with van der Waals surface area (Å²) in [5.74, 6) is 0.898. The van der Waals surface area contributed by atoms with E-state index in [0.29, 0.717) is 16.8 Å². The van der Waals surface area contributed by atoms with Crippen molar-refractivity contribution in [2.45, 2.75) is 0 Å². The van der Waals surface area contributed by atoms with Gasteiger partial charge in [0.15, 0.2) is 5.15 Å². The summed E-state index contributed by atoms with van der Waals surface area (Å²) < 4.78 is 0. The first kappa shape index (κ1) is 11.7. The van der Waals surface area contributed by atoms with E-state index in [0.717, 1.165) is 6.21 Å². The van der Waals surface area contributed by atoms with Crippen LogP contribution in [0.2, 0.25) is 10.2 Å². The van der Waals surface area contributed by atoms with Crippen LogP contribution in [-0.2, 0) is 0 Å². The molecule has 0 atom stereocenters. The highest BCUT2D eigenvalue weighted by Crippen LogP contribution is 2.18. The Labute approximate surface area is 97.0 Å². The van der Waals surface area contributed by atoms with E-state index in [-0.39, 0.29) is 5.15 Å². The third-order valence-corrected chi connectivity index (χ3v) is 2.13. The minimum atomic E-state index is 0.180. The van der Waals surface area contributed by atoms with Crippen LogP contribution in [0.1, 0.15) is 0 Å². The first-order valence-electron chi connectivity index (χ1n) is 4.01. The van der Waals surface area contributed by atoms with E-state index >= 15 is 0 Å². The van der Waals surface area contributed by atoms with E-state index in [1.807, 2.05) is 0 Å². The van der Waals surface area contributed by atoms with E-state index in [9.17, 15) is 0 Å². The summed E-state index contributed by atoms with van der Waals surface area (Å²) in [4.78, 5) is 7.81. The molecule has 0 aliphatic rings. The van der Waals surface area contributed by atoms with Crippen LogP contribution in [-0.4, -0.2) is 23.2 Å². The molecule has 0 unspecified atom stereocenters. The lowest BCUT2D eigenvalue weighted by Crippen LogP contribution is -2.16. The second kappa shape index (κ2) is 5.53. The minimum Gasteiger partial charge on any atom is -0.375 e. The van der Waals surface area contributed by atoms with Crippen molar-refractivity contribution in [3.8, 4) is 0 Å². The molecule has 0 saturated carbocycles. The van der Waals surface area contributed by atoms with Gasteiger partial charge >= 0.3 is 0 Å². The summed E-state index contributed by atoms with van der Waals surface area (Å²) in [7, 11) is 1.71. The highest BCUT2D eigenvalue weighted by atomic mass is 35.5. The van der Waals surface area contributed by atoms with Crippen LogP contribution in [0.3, 0.4) is 0 Å². The van der Waals surface area contributed by atoms with Crippen molar-refractivity contribution >= 4 is 35.4 Å². The number of nitrogens with zero attached hydrogens (tertiary/aromatic N) is 2. The Morgan fingerprint density at radius 3 is 2.80 bits per heavy atom. The van der Waals surface area contributed by atoms with Gasteiger partial charge in [-0.15, -0.1) is 0 Å². The normalized spacial score (nSPS) is 11.0. The van der Waals surface area contributed by atoms with Gasteiger partial charge in [-0.25, -0.2) is 4.98 Å². The van der Waals surface area contributed by atoms with Crippen molar-refractivity contribution in [1.29, 1.82) is 5.41 Å². The van der Waals surface area contributed by atoms with Gasteiger partial charge in [0, 0.05) is 13.3 Å². The van der Waals surface area contributed by atoms with Crippen LogP contribution in [0.15, 0.2) is 18.1 Å². The van der Waals surface area contributed by atoms with Crippen LogP contribution in [0, 0.1) is 5.41 Å². The van der Waals surface area contributed by atoms with Crippen molar-refractivity contribution in [2.24, 2.45) is 0 Å². The number of aromatic nitrogens is 2. The predicted molar refractivity (Wildman–Crippen MR) is 61.6 cm³/mol. The number of allylic oxidation sites excluding steroid dienone is 1. The molecule has 0 saturated heterocycles. The molecule has 7 heteroatoms. The number of nitrogens with one attached hydrogen (secondary N) is 3. The molecule has 1 aromatic heterocycles. The quantitative estimate of drug-likeness (QED) is 0.560. The summed E-state index contributed by atoms with van der Waals surface area (Å²) >= 11 is 11.4. The maximum absolute atomic E-state index is 6.91. The highest BCUT2D eigenvalue weighted by Gasteiger charge is 2.03. The Kier molecular flexibility index (Phi) is 4.33. The highest BCUT2D eigenvalue weighted by molar-refractivity contribution is 6.41. The van der Waals surface area contributed by atoms with Gasteiger partial charge in [-0.2, -0.15) is 4.98 Å². The standard InChI is InChI=1S/C8H9Cl2N5/c1-12-6(2-3-11)14-8-13-4-5(9)7(10)15-8/h2-4,11-12H,1H3,(H,13,14,15)/b6-2+,11-3?. The lowest BCUT2D eigenvalue weighted by atomic mass is 10.5. The first-order chi connectivity index (χ1) is 7.17. The summed E-state index contributed by atoms with van der Waals surface area (Å²) in [5.41, 5.74) is 0. The first-order valence-corrected chi connectivity index (χ1v) is 4.76. The third-order valence-electron chi connectivity index (χ3n) is 1.47. The summed E-state index contributed by atoms with van der Waals surface area (Å²) in [5, 5.41) is 13.0. The van der Waals surface area contributed by atoms with Crippen molar-refractivity contribution in [3.63, 3.8) is 0 Å². The molecule has 80 valence electrons. The molecular formula is C8H9Cl2N5. The molecular weight excluding hydrogens is 237 g/mol. The van der Waals surface area contributed by atoms with Crippen molar-refractivity contribution in [1.82, 2.24) is 15.3 Å². The number of halogens is 2. The topological polar surface area (TPSA) is 73.7 Å². The number of hydrogen-bond donors (Lipinski definition) is 3. The molecule has 0 bridgehead atoms. The lowest BCUT2D eigenvalue weighted by Gasteiger charge is -2.07. The van der Waals surface area contributed by atoms with Crippen LogP contribution in [0.25, 0.3) is 0 Å². The minimum absolute atomic E-state index is 0.180. The molecule has 0 aliphatic heterocycles. The second-order valence-corrected chi connectivity index (χ2v) is 3.22. The number of rotatable bonds is 4. The number of anilines is 1. The van der Waals surface area contributed by atoms with E-state index in [4.69, 9.17) is 28.6 Å². The molecule has 15 heavy (non-hydrogen) atoms. The molecule has 0 amide bonds. The van der Waals surface area contributed by atoms with Gasteiger partial charge in [0.25, 0.3) is 0 Å². The summed E-state index contributed by atoms with van der Waals surface area (Å²) in [6.07, 6.45) is 4.05. The van der Waals surface area contributed by atoms with Crippen LogP contribution in [0.4, 0.5) is 5.95 Å². The Morgan fingerprint density at radius 2 is 2.27 bits per heavy atom. The average molecular weight is 246 g/mol. The van der Waals surface area contributed by atoms with Crippen LogP contribution in [0.5, 0.6) is 0 Å². The van der Waals surface area contributed by atoms with Crippen LogP contribution < -0.4 is 10.6 Å². The Morgan fingerprint density at radius 1 is 1.53 bits per heavy atom. The fraction of sp³-hybridized carbons (Fsp3) is 0.125. The van der Waals surface area contributed by atoms with Gasteiger partial charge in [0.1, 0.15) is 5.82 Å². The van der Waals surface area contributed by atoms with Gasteiger partial charge < -0.3 is 16.0 Å². The van der Waals surface area contributed by atoms with E-state index in [1.54, 1.807) is 7.05 Å². The average Bonchev–Trinajstić information content (AvgIpc) is 2.23. The third kappa shape index (κ3) is 3.38. The monoisotopic (exact) mass is 245 g/mol. The van der Waals surface area contributed by atoms with E-state index in [2.05, 4.69) is 20.6 Å². The molecule has 0 fully saturated rings. The van der Waals surface area contributed by atoms with Crippen molar-refractivity contribution in [2.75, 3.05) is 12.4 Å². The van der Waals surface area contributed by atoms with Crippen molar-refractivity contribution < 1.29 is 0 Å². The van der Waals surface area contributed by atoms with Gasteiger partial charge in [-0.1, -0.05) is 23.2 Å². The Hall–Kier alpha value is -1.33. The second-order valence-electron chi connectivity index (χ2n) is 2.45. The van der Waals surface area contributed by atoms with E-state index < -0.39 is 0 Å². The zero-order valence-electron chi connectivity index (χ0n) is 7.88. The molecule has 1 heterocycles. The van der Waals surface area contributed by atoms with Gasteiger partial charge in [0.2, 0.25) is 5.95 Å². The molecule has 3 N–H and O–H groups in total.